The van der Waals surface area contributed by atoms with Crippen LogP contribution in [0.3, 0.4) is 0 Å². The molecule has 0 unspecified atom stereocenters. The molecule has 0 saturated heterocycles. The Labute approximate surface area is 165 Å². The highest BCUT2D eigenvalue weighted by molar-refractivity contribution is 5.87. The molecule has 0 spiro atoms. The van der Waals surface area contributed by atoms with Crippen molar-refractivity contribution in [2.45, 2.75) is 5.92 Å². The fourth-order valence-electron chi connectivity index (χ4n) is 3.32. The Hall–Kier alpha value is -4.38. The minimum absolute atomic E-state index is 0.00132. The van der Waals surface area contributed by atoms with E-state index in [1.54, 1.807) is 0 Å². The van der Waals surface area contributed by atoms with Crippen LogP contribution in [0.4, 0.5) is 5.82 Å². The lowest BCUT2D eigenvalue weighted by Gasteiger charge is -2.29. The van der Waals surface area contributed by atoms with Crippen molar-refractivity contribution >= 4 is 17.3 Å². The summed E-state index contributed by atoms with van der Waals surface area (Å²) in [6.45, 7) is 0. The summed E-state index contributed by atoms with van der Waals surface area (Å²) in [5.41, 5.74) is 8.38. The number of aromatic nitrogens is 2. The minimum Gasteiger partial charge on any atom is -0.438 e. The Kier molecular flexibility index (Phi) is 4.55. The van der Waals surface area contributed by atoms with E-state index in [-0.39, 0.29) is 17.3 Å². The van der Waals surface area contributed by atoms with Gasteiger partial charge in [-0.25, -0.2) is 0 Å². The molecular formula is C21H15N5O3. The first-order chi connectivity index (χ1) is 14.1. The van der Waals surface area contributed by atoms with Crippen LogP contribution in [0.15, 0.2) is 84.6 Å². The van der Waals surface area contributed by atoms with Crippen LogP contribution in [0.1, 0.15) is 17.0 Å². The van der Waals surface area contributed by atoms with Crippen molar-refractivity contribution in [1.29, 1.82) is 5.26 Å². The minimum atomic E-state index is -0.584. The summed E-state index contributed by atoms with van der Waals surface area (Å²) in [6, 6.07) is 20.7. The molecule has 1 aliphatic rings. The average Bonchev–Trinajstić information content (AvgIpc) is 3.24. The van der Waals surface area contributed by atoms with Crippen LogP contribution < -0.4 is 5.73 Å². The number of ether oxygens (including phenoxy) is 1. The molecule has 0 aliphatic carbocycles. The van der Waals surface area contributed by atoms with Gasteiger partial charge in [-0.05, 0) is 15.5 Å². The third-order valence-corrected chi connectivity index (χ3v) is 4.60. The van der Waals surface area contributed by atoms with Gasteiger partial charge in [0.25, 0.3) is 0 Å². The van der Waals surface area contributed by atoms with Crippen LogP contribution in [0, 0.1) is 21.4 Å². The molecule has 0 fully saturated rings. The number of hydrogen-bond donors (Lipinski definition) is 1. The van der Waals surface area contributed by atoms with E-state index in [0.717, 1.165) is 11.1 Å². The topological polar surface area (TPSA) is 120 Å². The van der Waals surface area contributed by atoms with Crippen molar-refractivity contribution in [3.05, 3.63) is 106 Å². The Morgan fingerprint density at radius 2 is 1.79 bits per heavy atom. The average molecular weight is 385 g/mol. The Morgan fingerprint density at radius 3 is 2.38 bits per heavy atom. The van der Waals surface area contributed by atoms with Crippen molar-refractivity contribution in [2.24, 2.45) is 5.73 Å². The molecule has 2 aromatic carbocycles. The van der Waals surface area contributed by atoms with Crippen LogP contribution in [0.2, 0.25) is 0 Å². The van der Waals surface area contributed by atoms with Crippen LogP contribution >= 0.6 is 0 Å². The van der Waals surface area contributed by atoms with Crippen molar-refractivity contribution in [2.75, 3.05) is 0 Å². The summed E-state index contributed by atoms with van der Waals surface area (Å²) in [5, 5.41) is 21.0. The van der Waals surface area contributed by atoms with E-state index in [1.807, 2.05) is 60.7 Å². The van der Waals surface area contributed by atoms with E-state index < -0.39 is 10.8 Å². The number of benzene rings is 2. The summed E-state index contributed by atoms with van der Waals surface area (Å²) >= 11 is 0. The molecule has 1 atom stereocenters. The molecule has 3 aromatic rings. The molecule has 8 nitrogen and oxygen atoms in total. The van der Waals surface area contributed by atoms with Crippen LogP contribution in [0.25, 0.3) is 11.5 Å². The summed E-state index contributed by atoms with van der Waals surface area (Å²) in [4.78, 5) is 14.5. The number of rotatable bonds is 4. The predicted octanol–water partition coefficient (Wildman–Crippen LogP) is 3.62. The van der Waals surface area contributed by atoms with Gasteiger partial charge in [-0.3, -0.25) is 4.57 Å². The highest BCUT2D eigenvalue weighted by Gasteiger charge is 2.35. The lowest BCUT2D eigenvalue weighted by Crippen LogP contribution is -2.22. The molecule has 2 N–H and O–H groups in total. The van der Waals surface area contributed by atoms with Crippen LogP contribution in [-0.4, -0.2) is 14.5 Å². The maximum atomic E-state index is 11.2. The monoisotopic (exact) mass is 385 g/mol. The zero-order chi connectivity index (χ0) is 20.4. The quantitative estimate of drug-likeness (QED) is 0.541. The van der Waals surface area contributed by atoms with Gasteiger partial charge in [-0.2, -0.15) is 5.26 Å². The molecule has 29 heavy (non-hydrogen) atoms. The third-order valence-electron chi connectivity index (χ3n) is 4.60. The van der Waals surface area contributed by atoms with Crippen LogP contribution in [0.5, 0.6) is 0 Å². The van der Waals surface area contributed by atoms with E-state index in [9.17, 15) is 15.4 Å². The molecule has 0 amide bonds. The lowest BCUT2D eigenvalue weighted by molar-refractivity contribution is -0.389. The van der Waals surface area contributed by atoms with E-state index in [4.69, 9.17) is 10.5 Å². The van der Waals surface area contributed by atoms with Gasteiger partial charge < -0.3 is 20.6 Å². The number of nitro groups is 1. The summed E-state index contributed by atoms with van der Waals surface area (Å²) in [5.74, 6) is -0.487. The van der Waals surface area contributed by atoms with E-state index in [1.165, 1.54) is 17.1 Å². The van der Waals surface area contributed by atoms with E-state index in [0.29, 0.717) is 11.5 Å². The first-order valence-electron chi connectivity index (χ1n) is 8.71. The number of imidazole rings is 1. The molecule has 8 heteroatoms. The smallest absolute Gasteiger partial charge is 0.381 e. The summed E-state index contributed by atoms with van der Waals surface area (Å²) in [7, 11) is 0. The molecule has 0 radical (unpaired) electrons. The first-order valence-corrected chi connectivity index (χ1v) is 8.71. The standard InChI is InChI=1S/C21H15N5O3/c22-11-16-18(14-7-3-1-4-8-14)19(25-12-17(24-13-25)26(27)28)20(29-21(16)23)15-9-5-2-6-10-15/h1-10,12-13,18H,23H2/t18-/m1/s1. The zero-order valence-corrected chi connectivity index (χ0v) is 15.1. The molecule has 2 heterocycles. The molecular weight excluding hydrogens is 370 g/mol. The number of hydrogen-bond acceptors (Lipinski definition) is 6. The van der Waals surface area contributed by atoms with Gasteiger partial charge in [0.05, 0.1) is 11.6 Å². The molecule has 0 saturated carbocycles. The SMILES string of the molecule is N#CC1=C(N)OC(c2ccccc2)=C(n2cnc([N+](=O)[O-])c2)[C@@H]1c1ccccc1. The Bertz CT molecular complexity index is 1170. The van der Waals surface area contributed by atoms with E-state index in [2.05, 4.69) is 11.1 Å². The second kappa shape index (κ2) is 7.32. The normalized spacial score (nSPS) is 16.3. The number of nitrogens with two attached hydrogens (primary N) is 1. The van der Waals surface area contributed by atoms with Gasteiger partial charge in [0, 0.05) is 5.56 Å². The van der Waals surface area contributed by atoms with Gasteiger partial charge in [0.2, 0.25) is 12.2 Å². The van der Waals surface area contributed by atoms with Crippen molar-refractivity contribution in [3.63, 3.8) is 0 Å². The maximum absolute atomic E-state index is 11.2. The van der Waals surface area contributed by atoms with Gasteiger partial charge in [0.1, 0.15) is 17.8 Å². The molecule has 4 rings (SSSR count). The zero-order valence-electron chi connectivity index (χ0n) is 15.1. The second-order valence-electron chi connectivity index (χ2n) is 6.31. The lowest BCUT2D eigenvalue weighted by atomic mass is 9.85. The third kappa shape index (κ3) is 3.21. The Balaban J connectivity index is 2.02. The fraction of sp³-hybridized carbons (Fsp3) is 0.0476. The summed E-state index contributed by atoms with van der Waals surface area (Å²) < 4.78 is 7.38. The fourth-order valence-corrected chi connectivity index (χ4v) is 3.32. The van der Waals surface area contributed by atoms with Gasteiger partial charge >= 0.3 is 5.82 Å². The van der Waals surface area contributed by atoms with Gasteiger partial charge in [-0.1, -0.05) is 60.7 Å². The molecule has 1 aliphatic heterocycles. The second-order valence-corrected chi connectivity index (χ2v) is 6.31. The predicted molar refractivity (Wildman–Crippen MR) is 106 cm³/mol. The van der Waals surface area contributed by atoms with Crippen molar-refractivity contribution in [3.8, 4) is 6.07 Å². The number of allylic oxidation sites excluding steroid dienone is 2. The highest BCUT2D eigenvalue weighted by atomic mass is 16.6. The number of nitriles is 1. The van der Waals surface area contributed by atoms with Gasteiger partial charge in [-0.15, -0.1) is 0 Å². The number of nitrogens with zero attached hydrogens (tertiary/aromatic N) is 4. The molecule has 142 valence electrons. The molecule has 0 bridgehead atoms. The van der Waals surface area contributed by atoms with Gasteiger partial charge in [0.15, 0.2) is 5.76 Å². The van der Waals surface area contributed by atoms with E-state index >= 15 is 0 Å². The van der Waals surface area contributed by atoms with Crippen LogP contribution in [-0.2, 0) is 4.74 Å². The Morgan fingerprint density at radius 1 is 1.14 bits per heavy atom. The summed E-state index contributed by atoms with van der Waals surface area (Å²) in [6.07, 6.45) is 2.64. The largest absolute Gasteiger partial charge is 0.438 e. The van der Waals surface area contributed by atoms with Crippen molar-refractivity contribution < 1.29 is 9.66 Å². The maximum Gasteiger partial charge on any atom is 0.381 e. The first kappa shape index (κ1) is 18.0. The molecule has 1 aromatic heterocycles. The van der Waals surface area contributed by atoms with Crippen molar-refractivity contribution in [1.82, 2.24) is 9.55 Å². The highest BCUT2D eigenvalue weighted by Crippen LogP contribution is 2.44.